The Kier molecular flexibility index (Phi) is 7.06. The first-order valence-corrected chi connectivity index (χ1v) is 8.67. The molecular formula is C18H10BrCl2N3O2. The summed E-state index contributed by atoms with van der Waals surface area (Å²) in [7, 11) is 0. The van der Waals surface area contributed by atoms with E-state index >= 15 is 0 Å². The van der Waals surface area contributed by atoms with Crippen LogP contribution in [0.2, 0.25) is 10.0 Å². The smallest absolute Gasteiger partial charge is 0.266 e. The van der Waals surface area contributed by atoms with Gasteiger partial charge in [-0.15, -0.1) is 0 Å². The van der Waals surface area contributed by atoms with E-state index in [2.05, 4.69) is 21.2 Å². The molecular weight excluding hydrogens is 441 g/mol. The molecule has 2 rings (SSSR count). The van der Waals surface area contributed by atoms with Gasteiger partial charge in [0.2, 0.25) is 0 Å². The first kappa shape index (κ1) is 19.8. The summed E-state index contributed by atoms with van der Waals surface area (Å²) in [5.74, 6) is -0.279. The van der Waals surface area contributed by atoms with Crippen molar-refractivity contribution < 1.29 is 9.53 Å². The Morgan fingerprint density at radius 2 is 2.04 bits per heavy atom. The van der Waals surface area contributed by atoms with Crippen LogP contribution in [0.15, 0.2) is 46.4 Å². The predicted molar refractivity (Wildman–Crippen MR) is 104 cm³/mol. The zero-order chi connectivity index (χ0) is 19.1. The number of halogens is 3. The highest BCUT2D eigenvalue weighted by molar-refractivity contribution is 9.10. The van der Waals surface area contributed by atoms with E-state index < -0.39 is 5.91 Å². The summed E-state index contributed by atoms with van der Waals surface area (Å²) < 4.78 is 6.04. The average molecular weight is 451 g/mol. The second-order valence-electron chi connectivity index (χ2n) is 4.85. The van der Waals surface area contributed by atoms with Gasteiger partial charge in [0.25, 0.3) is 5.91 Å². The molecule has 0 aromatic heterocycles. The van der Waals surface area contributed by atoms with E-state index in [0.29, 0.717) is 17.0 Å². The van der Waals surface area contributed by atoms with Crippen molar-refractivity contribution >= 4 is 56.8 Å². The van der Waals surface area contributed by atoms with Crippen LogP contribution in [0.3, 0.4) is 0 Å². The fourth-order valence-corrected chi connectivity index (χ4v) is 2.69. The van der Waals surface area contributed by atoms with E-state index in [1.54, 1.807) is 36.4 Å². The van der Waals surface area contributed by atoms with Gasteiger partial charge in [0.05, 0.1) is 15.7 Å². The van der Waals surface area contributed by atoms with E-state index in [1.165, 1.54) is 6.08 Å². The van der Waals surface area contributed by atoms with Gasteiger partial charge in [-0.25, -0.2) is 0 Å². The number of nitrogens with one attached hydrogen (secondary N) is 1. The maximum Gasteiger partial charge on any atom is 0.266 e. The van der Waals surface area contributed by atoms with Gasteiger partial charge in [-0.2, -0.15) is 10.5 Å². The highest BCUT2D eigenvalue weighted by atomic mass is 79.9. The second-order valence-corrected chi connectivity index (χ2v) is 6.56. The summed E-state index contributed by atoms with van der Waals surface area (Å²) in [6, 6.07) is 13.5. The lowest BCUT2D eigenvalue weighted by Gasteiger charge is -2.09. The van der Waals surface area contributed by atoms with Crippen molar-refractivity contribution in [1.29, 1.82) is 10.5 Å². The third kappa shape index (κ3) is 5.00. The van der Waals surface area contributed by atoms with Crippen molar-refractivity contribution in [2.45, 2.75) is 0 Å². The number of hydrogen-bond acceptors (Lipinski definition) is 4. The fourth-order valence-electron chi connectivity index (χ4n) is 1.97. The summed E-state index contributed by atoms with van der Waals surface area (Å²) in [5.41, 5.74) is 0.597. The lowest BCUT2D eigenvalue weighted by Crippen LogP contribution is -2.14. The van der Waals surface area contributed by atoms with Crippen LogP contribution in [0.1, 0.15) is 5.56 Å². The van der Waals surface area contributed by atoms with Gasteiger partial charge >= 0.3 is 0 Å². The Labute approximate surface area is 168 Å². The summed E-state index contributed by atoms with van der Waals surface area (Å²) >= 11 is 15.3. The Hall–Kier alpha value is -2.51. The third-order valence-corrected chi connectivity index (χ3v) is 4.44. The van der Waals surface area contributed by atoms with Crippen molar-refractivity contribution in [3.63, 3.8) is 0 Å². The lowest BCUT2D eigenvalue weighted by molar-refractivity contribution is -0.112. The molecule has 8 heteroatoms. The molecule has 0 bridgehead atoms. The number of rotatable bonds is 5. The SMILES string of the molecule is N#CCOc1ccc(Br)cc1/C=C(/C#N)C(=O)Nc1cccc(Cl)c1Cl. The van der Waals surface area contributed by atoms with Gasteiger partial charge in [-0.05, 0) is 36.4 Å². The molecule has 0 heterocycles. The molecule has 0 aliphatic heterocycles. The molecule has 0 saturated heterocycles. The quantitative estimate of drug-likeness (QED) is 0.500. The number of anilines is 1. The molecule has 26 heavy (non-hydrogen) atoms. The van der Waals surface area contributed by atoms with Gasteiger partial charge < -0.3 is 10.1 Å². The molecule has 0 unspecified atom stereocenters. The van der Waals surface area contributed by atoms with E-state index in [1.807, 2.05) is 12.1 Å². The van der Waals surface area contributed by atoms with Crippen LogP contribution in [-0.4, -0.2) is 12.5 Å². The first-order chi connectivity index (χ1) is 12.5. The van der Waals surface area contributed by atoms with Crippen molar-refractivity contribution in [2.24, 2.45) is 0 Å². The van der Waals surface area contributed by atoms with Crippen molar-refractivity contribution in [2.75, 3.05) is 11.9 Å². The Bertz CT molecular complexity index is 962. The molecule has 0 aliphatic rings. The molecule has 1 amide bonds. The van der Waals surface area contributed by atoms with Gasteiger partial charge in [-0.3, -0.25) is 4.79 Å². The number of carbonyl (C=O) groups excluding carboxylic acids is 1. The van der Waals surface area contributed by atoms with Gasteiger partial charge in [0, 0.05) is 10.0 Å². The first-order valence-electron chi connectivity index (χ1n) is 7.12. The number of hydrogen-bond donors (Lipinski definition) is 1. The minimum Gasteiger partial charge on any atom is -0.478 e. The highest BCUT2D eigenvalue weighted by Crippen LogP contribution is 2.30. The maximum atomic E-state index is 12.4. The lowest BCUT2D eigenvalue weighted by atomic mass is 10.1. The fraction of sp³-hybridized carbons (Fsp3) is 0.0556. The largest absolute Gasteiger partial charge is 0.478 e. The summed E-state index contributed by atoms with van der Waals surface area (Å²) in [5, 5.41) is 21.0. The van der Waals surface area contributed by atoms with Crippen LogP contribution < -0.4 is 10.1 Å². The Morgan fingerprint density at radius 3 is 2.73 bits per heavy atom. The molecule has 2 aromatic rings. The molecule has 130 valence electrons. The molecule has 5 nitrogen and oxygen atoms in total. The summed E-state index contributed by atoms with van der Waals surface area (Å²) in [6.45, 7) is -0.158. The average Bonchev–Trinajstić information content (AvgIpc) is 2.62. The minimum atomic E-state index is -0.650. The van der Waals surface area contributed by atoms with Crippen molar-refractivity contribution in [3.8, 4) is 17.9 Å². The summed E-state index contributed by atoms with van der Waals surface area (Å²) in [6.07, 6.45) is 1.37. The van der Waals surface area contributed by atoms with Crippen molar-refractivity contribution in [1.82, 2.24) is 0 Å². The molecule has 0 saturated carbocycles. The zero-order valence-corrected chi connectivity index (χ0v) is 16.2. The Balaban J connectivity index is 2.34. The van der Waals surface area contributed by atoms with Crippen LogP contribution in [0.5, 0.6) is 5.75 Å². The third-order valence-electron chi connectivity index (χ3n) is 3.13. The molecule has 0 fully saturated rings. The molecule has 0 atom stereocenters. The molecule has 1 N–H and O–H groups in total. The number of carbonyl (C=O) groups is 1. The van der Waals surface area contributed by atoms with Gasteiger partial charge in [-0.1, -0.05) is 45.2 Å². The van der Waals surface area contributed by atoms with Crippen LogP contribution >= 0.6 is 39.1 Å². The number of benzene rings is 2. The van der Waals surface area contributed by atoms with E-state index in [0.717, 1.165) is 4.47 Å². The van der Waals surface area contributed by atoms with Gasteiger partial charge in [0.15, 0.2) is 6.61 Å². The monoisotopic (exact) mass is 449 g/mol. The second kappa shape index (κ2) is 9.26. The number of nitriles is 2. The van der Waals surface area contributed by atoms with E-state index in [4.69, 9.17) is 33.2 Å². The van der Waals surface area contributed by atoms with Crippen LogP contribution in [0.4, 0.5) is 5.69 Å². The molecule has 0 aliphatic carbocycles. The number of nitrogens with zero attached hydrogens (tertiary/aromatic N) is 2. The molecule has 2 aromatic carbocycles. The van der Waals surface area contributed by atoms with E-state index in [-0.39, 0.29) is 22.2 Å². The standard InChI is InChI=1S/C18H10BrCl2N3O2/c19-13-4-5-16(26-7-6-22)11(9-13)8-12(10-23)18(25)24-15-3-1-2-14(20)17(15)21/h1-5,8-9H,7H2,(H,24,25)/b12-8-. The van der Waals surface area contributed by atoms with Crippen LogP contribution in [-0.2, 0) is 4.79 Å². The number of ether oxygens (including phenoxy) is 1. The van der Waals surface area contributed by atoms with Crippen LogP contribution in [0.25, 0.3) is 6.08 Å². The van der Waals surface area contributed by atoms with Crippen molar-refractivity contribution in [3.05, 3.63) is 62.1 Å². The molecule has 0 radical (unpaired) electrons. The number of amides is 1. The normalized spacial score (nSPS) is 10.6. The minimum absolute atomic E-state index is 0.158. The predicted octanol–water partition coefficient (Wildman–Crippen LogP) is 5.20. The molecule has 0 spiro atoms. The van der Waals surface area contributed by atoms with Gasteiger partial charge in [0.1, 0.15) is 23.5 Å². The van der Waals surface area contributed by atoms with Crippen LogP contribution in [0, 0.1) is 22.7 Å². The highest BCUT2D eigenvalue weighted by Gasteiger charge is 2.14. The topological polar surface area (TPSA) is 85.9 Å². The van der Waals surface area contributed by atoms with E-state index in [9.17, 15) is 10.1 Å². The summed E-state index contributed by atoms with van der Waals surface area (Å²) in [4.78, 5) is 12.4. The zero-order valence-electron chi connectivity index (χ0n) is 13.1. The Morgan fingerprint density at radius 1 is 1.27 bits per heavy atom. The maximum absolute atomic E-state index is 12.4.